The zero-order chi connectivity index (χ0) is 7.82. The van der Waals surface area contributed by atoms with Gasteiger partial charge in [0, 0.05) is 13.0 Å². The Bertz CT molecular complexity index is 121. The average molecular weight is 142 g/mol. The standard InChI is InChI=1S/C8H14O2/c1-2-3-5-8(10)6-4-7-9/h8-10H,4-7H2,1H3. The first-order valence-electron chi connectivity index (χ1n) is 3.49. The Morgan fingerprint density at radius 2 is 2.20 bits per heavy atom. The maximum Gasteiger partial charge on any atom is 0.0650 e. The molecule has 2 heteroatoms. The van der Waals surface area contributed by atoms with Crippen LogP contribution < -0.4 is 0 Å². The Hall–Kier alpha value is -0.520. The van der Waals surface area contributed by atoms with Crippen LogP contribution in [0.5, 0.6) is 0 Å². The van der Waals surface area contributed by atoms with Crippen LogP contribution in [0.3, 0.4) is 0 Å². The van der Waals surface area contributed by atoms with Gasteiger partial charge in [0.2, 0.25) is 0 Å². The summed E-state index contributed by atoms with van der Waals surface area (Å²) in [5.74, 6) is 5.48. The van der Waals surface area contributed by atoms with E-state index in [-0.39, 0.29) is 12.7 Å². The highest BCUT2D eigenvalue weighted by Gasteiger charge is 1.99. The Labute approximate surface area is 61.9 Å². The van der Waals surface area contributed by atoms with Crippen LogP contribution in [0.15, 0.2) is 0 Å². The summed E-state index contributed by atoms with van der Waals surface area (Å²) in [5.41, 5.74) is 0. The molecule has 58 valence electrons. The molecule has 0 aliphatic carbocycles. The van der Waals surface area contributed by atoms with Gasteiger partial charge in [-0.1, -0.05) is 0 Å². The summed E-state index contributed by atoms with van der Waals surface area (Å²) in [6.07, 6.45) is 1.47. The predicted molar refractivity (Wildman–Crippen MR) is 40.4 cm³/mol. The van der Waals surface area contributed by atoms with Crippen LogP contribution in [0.25, 0.3) is 0 Å². The SMILES string of the molecule is CC#CCC(O)CCCO. The molecule has 0 spiro atoms. The first-order valence-corrected chi connectivity index (χ1v) is 3.49. The van der Waals surface area contributed by atoms with Gasteiger partial charge in [0.05, 0.1) is 6.10 Å². The molecule has 10 heavy (non-hydrogen) atoms. The molecule has 0 aromatic carbocycles. The number of aliphatic hydroxyl groups excluding tert-OH is 2. The molecule has 0 aromatic heterocycles. The summed E-state index contributed by atoms with van der Waals surface area (Å²) < 4.78 is 0. The molecule has 0 radical (unpaired) electrons. The third-order valence-corrected chi connectivity index (χ3v) is 1.21. The topological polar surface area (TPSA) is 40.5 Å². The molecule has 2 N–H and O–H groups in total. The van der Waals surface area contributed by atoms with Crippen molar-refractivity contribution in [2.45, 2.75) is 32.3 Å². The second-order valence-electron chi connectivity index (χ2n) is 2.15. The molecule has 0 amide bonds. The summed E-state index contributed by atoms with van der Waals surface area (Å²) in [6, 6.07) is 0. The zero-order valence-electron chi connectivity index (χ0n) is 6.30. The quantitative estimate of drug-likeness (QED) is 0.562. The molecule has 1 atom stereocenters. The van der Waals surface area contributed by atoms with E-state index in [1.165, 1.54) is 0 Å². The Kier molecular flexibility index (Phi) is 6.25. The molecule has 0 saturated carbocycles. The average Bonchev–Trinajstić information content (AvgIpc) is 1.97. The minimum atomic E-state index is -0.361. The van der Waals surface area contributed by atoms with E-state index in [4.69, 9.17) is 10.2 Å². The lowest BCUT2D eigenvalue weighted by Gasteiger charge is -2.03. The van der Waals surface area contributed by atoms with E-state index in [0.717, 1.165) is 0 Å². The maximum absolute atomic E-state index is 9.10. The number of aliphatic hydroxyl groups is 2. The zero-order valence-corrected chi connectivity index (χ0v) is 6.30. The molecule has 0 rings (SSSR count). The van der Waals surface area contributed by atoms with Crippen molar-refractivity contribution in [2.75, 3.05) is 6.61 Å². The van der Waals surface area contributed by atoms with Gasteiger partial charge >= 0.3 is 0 Å². The second-order valence-corrected chi connectivity index (χ2v) is 2.15. The molecule has 0 fully saturated rings. The van der Waals surface area contributed by atoms with Gasteiger partial charge in [-0.3, -0.25) is 0 Å². The van der Waals surface area contributed by atoms with E-state index >= 15 is 0 Å². The third-order valence-electron chi connectivity index (χ3n) is 1.21. The van der Waals surface area contributed by atoms with Gasteiger partial charge < -0.3 is 10.2 Å². The summed E-state index contributed by atoms with van der Waals surface area (Å²) in [4.78, 5) is 0. The van der Waals surface area contributed by atoms with Gasteiger partial charge in [0.25, 0.3) is 0 Å². The van der Waals surface area contributed by atoms with E-state index in [2.05, 4.69) is 11.8 Å². The third kappa shape index (κ3) is 5.61. The summed E-state index contributed by atoms with van der Waals surface area (Å²) in [7, 11) is 0. The first-order chi connectivity index (χ1) is 4.81. The van der Waals surface area contributed by atoms with E-state index in [1.807, 2.05) is 0 Å². The van der Waals surface area contributed by atoms with Crippen LogP contribution in [0, 0.1) is 11.8 Å². The van der Waals surface area contributed by atoms with E-state index in [1.54, 1.807) is 6.92 Å². The highest BCUT2D eigenvalue weighted by atomic mass is 16.3. The maximum atomic E-state index is 9.10. The van der Waals surface area contributed by atoms with Gasteiger partial charge in [-0.05, 0) is 19.8 Å². The van der Waals surface area contributed by atoms with Crippen LogP contribution in [-0.4, -0.2) is 22.9 Å². The molecule has 0 heterocycles. The highest BCUT2D eigenvalue weighted by Crippen LogP contribution is 1.99. The summed E-state index contributed by atoms with van der Waals surface area (Å²) >= 11 is 0. The van der Waals surface area contributed by atoms with Crippen LogP contribution in [0.2, 0.25) is 0 Å². The van der Waals surface area contributed by atoms with E-state index in [0.29, 0.717) is 19.3 Å². The fourth-order valence-corrected chi connectivity index (χ4v) is 0.649. The van der Waals surface area contributed by atoms with Crippen molar-refractivity contribution < 1.29 is 10.2 Å². The fraction of sp³-hybridized carbons (Fsp3) is 0.750. The van der Waals surface area contributed by atoms with Crippen molar-refractivity contribution in [1.29, 1.82) is 0 Å². The molecule has 0 aliphatic heterocycles. The van der Waals surface area contributed by atoms with Gasteiger partial charge in [0.15, 0.2) is 0 Å². The lowest BCUT2D eigenvalue weighted by atomic mass is 10.1. The predicted octanol–water partition coefficient (Wildman–Crippen LogP) is 0.533. The molecule has 2 nitrogen and oxygen atoms in total. The summed E-state index contributed by atoms with van der Waals surface area (Å²) in [6.45, 7) is 1.90. The van der Waals surface area contributed by atoms with Crippen LogP contribution in [0.1, 0.15) is 26.2 Å². The lowest BCUT2D eigenvalue weighted by Crippen LogP contribution is -2.05. The van der Waals surface area contributed by atoms with Gasteiger partial charge in [-0.2, -0.15) is 0 Å². The van der Waals surface area contributed by atoms with Gasteiger partial charge in [-0.15, -0.1) is 11.8 Å². The van der Waals surface area contributed by atoms with Gasteiger partial charge in [-0.25, -0.2) is 0 Å². The second kappa shape index (κ2) is 6.60. The molecule has 0 aliphatic rings. The molecular formula is C8H14O2. The first kappa shape index (κ1) is 9.48. The van der Waals surface area contributed by atoms with Crippen LogP contribution in [-0.2, 0) is 0 Å². The molecule has 0 aromatic rings. The lowest BCUT2D eigenvalue weighted by molar-refractivity contribution is 0.154. The van der Waals surface area contributed by atoms with Gasteiger partial charge in [0.1, 0.15) is 0 Å². The van der Waals surface area contributed by atoms with Crippen molar-refractivity contribution >= 4 is 0 Å². The normalized spacial score (nSPS) is 11.9. The number of hydrogen-bond acceptors (Lipinski definition) is 2. The summed E-state index contributed by atoms with van der Waals surface area (Å²) in [5, 5.41) is 17.5. The van der Waals surface area contributed by atoms with Crippen molar-refractivity contribution in [3.05, 3.63) is 0 Å². The minimum Gasteiger partial charge on any atom is -0.396 e. The van der Waals surface area contributed by atoms with E-state index in [9.17, 15) is 0 Å². The van der Waals surface area contributed by atoms with Crippen molar-refractivity contribution in [1.82, 2.24) is 0 Å². The largest absolute Gasteiger partial charge is 0.396 e. The Balaban J connectivity index is 3.21. The number of hydrogen-bond donors (Lipinski definition) is 2. The van der Waals surface area contributed by atoms with Crippen molar-refractivity contribution in [2.24, 2.45) is 0 Å². The van der Waals surface area contributed by atoms with Crippen molar-refractivity contribution in [3.8, 4) is 11.8 Å². The van der Waals surface area contributed by atoms with Crippen LogP contribution in [0.4, 0.5) is 0 Å². The van der Waals surface area contributed by atoms with Crippen molar-refractivity contribution in [3.63, 3.8) is 0 Å². The number of rotatable bonds is 4. The smallest absolute Gasteiger partial charge is 0.0650 e. The molecule has 1 unspecified atom stereocenters. The molecular weight excluding hydrogens is 128 g/mol. The Morgan fingerprint density at radius 1 is 1.50 bits per heavy atom. The minimum absolute atomic E-state index is 0.149. The van der Waals surface area contributed by atoms with Crippen LogP contribution >= 0.6 is 0 Å². The fourth-order valence-electron chi connectivity index (χ4n) is 0.649. The van der Waals surface area contributed by atoms with E-state index < -0.39 is 0 Å². The molecule has 0 bridgehead atoms. The highest BCUT2D eigenvalue weighted by molar-refractivity contribution is 4.96. The molecule has 0 saturated heterocycles. The Morgan fingerprint density at radius 3 is 2.70 bits per heavy atom. The monoisotopic (exact) mass is 142 g/mol.